The summed E-state index contributed by atoms with van der Waals surface area (Å²) < 4.78 is 49.6. The van der Waals surface area contributed by atoms with Crippen molar-refractivity contribution in [1.29, 1.82) is 0 Å². The Bertz CT molecular complexity index is 3060. The molecular formula is C55H66N8O9S. The number of nitro benzene ring substituents is 1. The average Bonchev–Trinajstić information content (AvgIpc) is 4.14. The van der Waals surface area contributed by atoms with Gasteiger partial charge in [0, 0.05) is 67.0 Å². The van der Waals surface area contributed by atoms with E-state index in [4.69, 9.17) is 19.2 Å². The van der Waals surface area contributed by atoms with Gasteiger partial charge in [-0.15, -0.1) is 0 Å². The molecule has 386 valence electrons. The van der Waals surface area contributed by atoms with Crippen LogP contribution in [0.5, 0.6) is 11.6 Å². The van der Waals surface area contributed by atoms with Gasteiger partial charge in [-0.2, -0.15) is 4.98 Å². The topological polar surface area (TPSA) is 205 Å². The summed E-state index contributed by atoms with van der Waals surface area (Å²) in [7, 11) is -4.70. The molecule has 0 radical (unpaired) electrons. The molecule has 5 aliphatic heterocycles. The standard InChI is InChI=1S/C55H66N8O9S/c1-33(2)40-7-4-5-8-41(40)44-9-6-20-61(44)38-27-55(28-38)17-21-60(22-18-55)37-10-11-42(45(24-37)62-29-36-30-70-32-49(36)72-53-47(62)23-35-14-19-56-51(35)58-53)52(64)59-73(68,69)39-25-46(63(66)67)50-48(26-39)71-31-43(57-50)34-12-15-54(3,65)16-13-34/h4-5,7-8,10-11,14,19,23-26,33-34,36,38,43-44,49,57,65H,6,9,12-13,15-18,20-22,27-32H2,1-3H3,(H,56,58)(H,59,64)/t34?,36-,43-,44+,49+,54?/m1/s1. The zero-order chi connectivity index (χ0) is 50.4. The molecule has 1 amide bonds. The van der Waals surface area contributed by atoms with Gasteiger partial charge in [-0.25, -0.2) is 13.1 Å². The number of nitrogens with zero attached hydrogens (tertiary/aromatic N) is 5. The number of carbonyl (C=O) groups excluding carboxylic acids is 1. The Morgan fingerprint density at radius 1 is 0.945 bits per heavy atom. The number of fused-ring (bicyclic) bond motifs is 4. The Kier molecular flexibility index (Phi) is 12.1. The Balaban J connectivity index is 0.826. The average molecular weight is 1020 g/mol. The van der Waals surface area contributed by atoms with Crippen molar-refractivity contribution in [2.75, 3.05) is 61.1 Å². The van der Waals surface area contributed by atoms with Gasteiger partial charge in [-0.05, 0) is 136 Å². The number of pyridine rings is 1. The van der Waals surface area contributed by atoms with E-state index in [2.05, 4.69) is 62.9 Å². The number of benzene rings is 3. The van der Waals surface area contributed by atoms with Crippen LogP contribution in [0.4, 0.5) is 28.4 Å². The molecule has 2 aromatic heterocycles. The second kappa shape index (κ2) is 18.5. The van der Waals surface area contributed by atoms with Crippen LogP contribution in [0, 0.1) is 27.4 Å². The molecule has 3 aromatic carbocycles. The van der Waals surface area contributed by atoms with Gasteiger partial charge >= 0.3 is 0 Å². The molecular weight excluding hydrogens is 949 g/mol. The van der Waals surface area contributed by atoms with E-state index < -0.39 is 37.0 Å². The highest BCUT2D eigenvalue weighted by atomic mass is 32.2. The molecule has 5 fully saturated rings. The third kappa shape index (κ3) is 8.94. The zero-order valence-corrected chi connectivity index (χ0v) is 42.7. The summed E-state index contributed by atoms with van der Waals surface area (Å²) in [5.41, 5.74) is 4.86. The van der Waals surface area contributed by atoms with Crippen LogP contribution in [0.25, 0.3) is 11.0 Å². The lowest BCUT2D eigenvalue weighted by molar-refractivity contribution is -0.384. The van der Waals surface area contributed by atoms with E-state index in [1.807, 2.05) is 42.3 Å². The van der Waals surface area contributed by atoms with Crippen LogP contribution in [0.2, 0.25) is 0 Å². The molecule has 4 N–H and O–H groups in total. The number of H-pyrrole nitrogens is 1. The number of hydrogen-bond donors (Lipinski definition) is 4. The summed E-state index contributed by atoms with van der Waals surface area (Å²) in [6, 6.07) is 21.5. The fourth-order valence-electron chi connectivity index (χ4n) is 13.4. The van der Waals surface area contributed by atoms with E-state index in [1.165, 1.54) is 42.9 Å². The SMILES string of the molecule is CC(C)c1ccccc1[C@@H]1CCCN1C1CC2(CCN(c3ccc(C(=O)NS(=O)(=O)c4cc5c(c([N+](=O)[O-])c4)N[C@@H](C4CCC(C)(O)CC4)CO5)c(N4C[C@@H]5COC[C@@H]5Oc5nc6[nH]ccc6cc54)c3)CC2)C1. The fraction of sp³-hybridized carbons (Fsp3) is 0.527. The van der Waals surface area contributed by atoms with Crippen LogP contribution < -0.4 is 29.3 Å². The Morgan fingerprint density at radius 3 is 2.52 bits per heavy atom. The number of sulfonamides is 1. The molecule has 17 nitrogen and oxygen atoms in total. The van der Waals surface area contributed by atoms with Crippen molar-refractivity contribution < 1.29 is 37.5 Å². The van der Waals surface area contributed by atoms with E-state index in [9.17, 15) is 28.4 Å². The minimum Gasteiger partial charge on any atom is -0.489 e. The number of aliphatic hydroxyl groups is 1. The van der Waals surface area contributed by atoms with Gasteiger partial charge in [0.1, 0.15) is 24.0 Å². The van der Waals surface area contributed by atoms with Gasteiger partial charge in [-0.3, -0.25) is 19.8 Å². The largest absolute Gasteiger partial charge is 0.489 e. The third-order valence-electron chi connectivity index (χ3n) is 17.6. The summed E-state index contributed by atoms with van der Waals surface area (Å²) in [6.45, 7) is 10.6. The van der Waals surface area contributed by atoms with E-state index in [0.29, 0.717) is 86.3 Å². The first-order chi connectivity index (χ1) is 35.1. The summed E-state index contributed by atoms with van der Waals surface area (Å²) >= 11 is 0. The molecule has 73 heavy (non-hydrogen) atoms. The molecule has 12 rings (SSSR count). The van der Waals surface area contributed by atoms with Gasteiger partial charge in [0.05, 0.1) is 45.9 Å². The molecule has 7 aliphatic rings. The number of nitrogens with one attached hydrogen (secondary N) is 3. The van der Waals surface area contributed by atoms with Gasteiger partial charge in [0.15, 0.2) is 11.4 Å². The van der Waals surface area contributed by atoms with Crippen molar-refractivity contribution in [2.45, 2.75) is 126 Å². The molecule has 18 heteroatoms. The van der Waals surface area contributed by atoms with Crippen molar-refractivity contribution >= 4 is 55.4 Å². The lowest BCUT2D eigenvalue weighted by atomic mass is 9.59. The second-order valence-electron chi connectivity index (χ2n) is 22.6. The molecule has 2 aliphatic carbocycles. The van der Waals surface area contributed by atoms with Crippen molar-refractivity contribution in [3.63, 3.8) is 0 Å². The maximum Gasteiger partial charge on any atom is 0.297 e. The van der Waals surface area contributed by atoms with E-state index in [1.54, 1.807) is 6.07 Å². The minimum atomic E-state index is -4.70. The first-order valence-corrected chi connectivity index (χ1v) is 27.8. The number of nitro groups is 1. The van der Waals surface area contributed by atoms with Crippen molar-refractivity contribution in [1.82, 2.24) is 19.6 Å². The quantitative estimate of drug-likeness (QED) is 0.0762. The molecule has 3 saturated heterocycles. The summed E-state index contributed by atoms with van der Waals surface area (Å²) in [6.07, 6.45) is 11.1. The summed E-state index contributed by atoms with van der Waals surface area (Å²) in [4.78, 5) is 41.5. The molecule has 2 saturated carbocycles. The third-order valence-corrected chi connectivity index (χ3v) is 18.9. The smallest absolute Gasteiger partial charge is 0.297 e. The molecule has 0 unspecified atom stereocenters. The van der Waals surface area contributed by atoms with E-state index >= 15 is 0 Å². The Labute approximate surface area is 426 Å². The number of amides is 1. The monoisotopic (exact) mass is 1010 g/mol. The van der Waals surface area contributed by atoms with Crippen LogP contribution in [-0.4, -0.2) is 109 Å². The molecule has 4 atom stereocenters. The van der Waals surface area contributed by atoms with Crippen molar-refractivity contribution in [2.24, 2.45) is 17.3 Å². The van der Waals surface area contributed by atoms with Gasteiger partial charge in [0.25, 0.3) is 21.6 Å². The van der Waals surface area contributed by atoms with Crippen molar-refractivity contribution in [3.8, 4) is 11.6 Å². The predicted molar refractivity (Wildman–Crippen MR) is 278 cm³/mol. The number of carbonyl (C=O) groups is 1. The number of anilines is 4. The molecule has 5 aromatic rings. The summed E-state index contributed by atoms with van der Waals surface area (Å²) in [5, 5.41) is 27.2. The lowest BCUT2D eigenvalue weighted by Gasteiger charge is -2.56. The summed E-state index contributed by atoms with van der Waals surface area (Å²) in [5.74, 6) is -0.0223. The fourth-order valence-corrected chi connectivity index (χ4v) is 14.4. The van der Waals surface area contributed by atoms with Crippen LogP contribution >= 0.6 is 0 Å². The van der Waals surface area contributed by atoms with Gasteiger partial charge < -0.3 is 39.4 Å². The number of aromatic amines is 1. The predicted octanol–water partition coefficient (Wildman–Crippen LogP) is 8.96. The molecule has 1 spiro atoms. The van der Waals surface area contributed by atoms with Crippen LogP contribution in [0.15, 0.2) is 77.8 Å². The van der Waals surface area contributed by atoms with E-state index in [-0.39, 0.29) is 53.0 Å². The van der Waals surface area contributed by atoms with Crippen LogP contribution in [0.1, 0.15) is 118 Å². The Hall–Kier alpha value is -5.95. The van der Waals surface area contributed by atoms with Gasteiger partial charge in [0.2, 0.25) is 5.88 Å². The van der Waals surface area contributed by atoms with Crippen LogP contribution in [-0.2, 0) is 14.8 Å². The highest BCUT2D eigenvalue weighted by Gasteiger charge is 2.50. The lowest BCUT2D eigenvalue weighted by Crippen LogP contribution is -2.55. The molecule has 7 heterocycles. The van der Waals surface area contributed by atoms with Crippen LogP contribution in [0.3, 0.4) is 0 Å². The number of ether oxygens (including phenoxy) is 3. The highest BCUT2D eigenvalue weighted by molar-refractivity contribution is 7.90. The maximum atomic E-state index is 14.8. The van der Waals surface area contributed by atoms with E-state index in [0.717, 1.165) is 49.6 Å². The molecule has 0 bridgehead atoms. The minimum absolute atomic E-state index is 0.0117. The first-order valence-electron chi connectivity index (χ1n) is 26.4. The number of piperidine rings is 1. The second-order valence-corrected chi connectivity index (χ2v) is 24.3. The highest BCUT2D eigenvalue weighted by Crippen LogP contribution is 2.55. The Morgan fingerprint density at radius 2 is 1.74 bits per heavy atom. The number of aromatic nitrogens is 2. The number of hydrogen-bond acceptors (Lipinski definition) is 14. The number of likely N-dealkylation sites (tertiary alicyclic amines) is 1. The maximum absolute atomic E-state index is 14.8. The zero-order valence-electron chi connectivity index (χ0n) is 41.8. The first kappa shape index (κ1) is 48.0. The normalized spacial score (nSPS) is 27.1. The van der Waals surface area contributed by atoms with Gasteiger partial charge in [-0.1, -0.05) is 38.1 Å². The van der Waals surface area contributed by atoms with Crippen molar-refractivity contribution in [3.05, 3.63) is 99.7 Å². The number of rotatable bonds is 10.